The monoisotopic (exact) mass is 384 g/mol. The summed E-state index contributed by atoms with van der Waals surface area (Å²) in [6.45, 7) is 1.15. The van der Waals surface area contributed by atoms with Crippen molar-refractivity contribution in [1.82, 2.24) is 9.21 Å². The Bertz CT molecular complexity index is 1030. The number of sulfonamides is 1. The van der Waals surface area contributed by atoms with Crippen LogP contribution in [0.25, 0.3) is 10.8 Å². The van der Waals surface area contributed by atoms with E-state index in [2.05, 4.69) is 0 Å². The third kappa shape index (κ3) is 4.30. The van der Waals surface area contributed by atoms with Gasteiger partial charge >= 0.3 is 0 Å². The van der Waals surface area contributed by atoms with E-state index in [-0.39, 0.29) is 17.2 Å². The highest BCUT2D eigenvalue weighted by atomic mass is 32.2. The molecule has 0 bridgehead atoms. The van der Waals surface area contributed by atoms with Gasteiger partial charge in [0.05, 0.1) is 0 Å². The molecule has 142 valence electrons. The van der Waals surface area contributed by atoms with Crippen molar-refractivity contribution in [2.75, 3.05) is 27.2 Å². The maximum atomic E-state index is 13.3. The molecular weight excluding hydrogens is 360 g/mol. The second-order valence-corrected chi connectivity index (χ2v) is 8.65. The molecule has 0 atom stereocenters. The van der Waals surface area contributed by atoms with Crippen LogP contribution in [0.1, 0.15) is 5.56 Å². The van der Waals surface area contributed by atoms with Gasteiger partial charge in [-0.15, -0.1) is 0 Å². The summed E-state index contributed by atoms with van der Waals surface area (Å²) >= 11 is 0. The Morgan fingerprint density at radius 3 is 2.26 bits per heavy atom. The fourth-order valence-corrected chi connectivity index (χ4v) is 4.52. The van der Waals surface area contributed by atoms with Gasteiger partial charge in [-0.25, -0.2) is 8.42 Å². The number of phenols is 1. The molecule has 0 radical (unpaired) electrons. The van der Waals surface area contributed by atoms with Gasteiger partial charge in [0.1, 0.15) is 10.6 Å². The van der Waals surface area contributed by atoms with E-state index in [4.69, 9.17) is 0 Å². The van der Waals surface area contributed by atoms with Gasteiger partial charge in [0.25, 0.3) is 0 Å². The Hall–Kier alpha value is -2.41. The van der Waals surface area contributed by atoms with Gasteiger partial charge in [-0.05, 0) is 42.6 Å². The smallest absolute Gasteiger partial charge is 0.247 e. The minimum absolute atomic E-state index is 0.0657. The van der Waals surface area contributed by atoms with Crippen LogP contribution in [0.3, 0.4) is 0 Å². The molecule has 0 spiro atoms. The van der Waals surface area contributed by atoms with Crippen molar-refractivity contribution in [3.05, 3.63) is 72.3 Å². The number of benzene rings is 3. The lowest BCUT2D eigenvalue weighted by molar-refractivity contribution is 0.328. The largest absolute Gasteiger partial charge is 0.507 e. The highest BCUT2D eigenvalue weighted by molar-refractivity contribution is 7.89. The number of likely N-dealkylation sites (N-methyl/N-ethyl adjacent to an activating group) is 1. The van der Waals surface area contributed by atoms with E-state index in [1.54, 1.807) is 12.1 Å². The lowest BCUT2D eigenvalue weighted by Crippen LogP contribution is -2.36. The summed E-state index contributed by atoms with van der Waals surface area (Å²) in [5.74, 6) is -0.231. The number of fused-ring (bicyclic) bond motifs is 1. The SMILES string of the molecule is CN(C)CCN(Cc1cccc2ccccc12)S(=O)(=O)c1ccccc1O. The number of para-hydroxylation sites is 1. The summed E-state index contributed by atoms with van der Waals surface area (Å²) in [4.78, 5) is 1.88. The Balaban J connectivity index is 2.02. The van der Waals surface area contributed by atoms with Crippen molar-refractivity contribution >= 4 is 20.8 Å². The maximum Gasteiger partial charge on any atom is 0.247 e. The molecule has 0 aliphatic heterocycles. The maximum absolute atomic E-state index is 13.3. The molecule has 27 heavy (non-hydrogen) atoms. The van der Waals surface area contributed by atoms with E-state index in [0.717, 1.165) is 16.3 Å². The van der Waals surface area contributed by atoms with Crippen molar-refractivity contribution in [1.29, 1.82) is 0 Å². The van der Waals surface area contributed by atoms with Crippen molar-refractivity contribution in [3.63, 3.8) is 0 Å². The first kappa shape index (κ1) is 19.4. The standard InChI is InChI=1S/C21H24N2O3S/c1-22(2)14-15-23(27(25,26)21-13-6-5-12-20(21)24)16-18-10-7-9-17-8-3-4-11-19(17)18/h3-13,24H,14-16H2,1-2H3. The van der Waals surface area contributed by atoms with E-state index in [1.807, 2.05) is 61.5 Å². The van der Waals surface area contributed by atoms with Crippen LogP contribution in [0.2, 0.25) is 0 Å². The molecule has 5 nitrogen and oxygen atoms in total. The molecule has 0 fully saturated rings. The highest BCUT2D eigenvalue weighted by Gasteiger charge is 2.27. The van der Waals surface area contributed by atoms with E-state index in [9.17, 15) is 13.5 Å². The van der Waals surface area contributed by atoms with Gasteiger partial charge in [0.2, 0.25) is 10.0 Å². The number of hydrogen-bond donors (Lipinski definition) is 1. The zero-order chi connectivity index (χ0) is 19.4. The summed E-state index contributed by atoms with van der Waals surface area (Å²) in [6, 6.07) is 19.9. The van der Waals surface area contributed by atoms with Crippen LogP contribution in [0.4, 0.5) is 0 Å². The lowest BCUT2D eigenvalue weighted by Gasteiger charge is -2.25. The van der Waals surface area contributed by atoms with Gasteiger partial charge < -0.3 is 10.0 Å². The minimum Gasteiger partial charge on any atom is -0.507 e. The molecule has 0 aromatic heterocycles. The van der Waals surface area contributed by atoms with E-state index in [0.29, 0.717) is 13.1 Å². The molecule has 0 aliphatic carbocycles. The fourth-order valence-electron chi connectivity index (χ4n) is 3.03. The molecule has 0 heterocycles. The summed E-state index contributed by atoms with van der Waals surface area (Å²) < 4.78 is 27.9. The second kappa shape index (κ2) is 8.08. The first-order valence-corrected chi connectivity index (χ1v) is 10.2. The van der Waals surface area contributed by atoms with Gasteiger partial charge in [0.15, 0.2) is 0 Å². The quantitative estimate of drug-likeness (QED) is 0.679. The van der Waals surface area contributed by atoms with E-state index in [1.165, 1.54) is 16.4 Å². The molecule has 0 saturated carbocycles. The lowest BCUT2D eigenvalue weighted by atomic mass is 10.0. The number of phenolic OH excluding ortho intramolecular Hbond substituents is 1. The zero-order valence-corrected chi connectivity index (χ0v) is 16.4. The van der Waals surface area contributed by atoms with Gasteiger partial charge in [-0.2, -0.15) is 4.31 Å². The third-order valence-corrected chi connectivity index (χ3v) is 6.40. The molecular formula is C21H24N2O3S. The molecule has 1 N–H and O–H groups in total. The number of hydrogen-bond acceptors (Lipinski definition) is 4. The number of rotatable bonds is 7. The van der Waals surface area contributed by atoms with E-state index < -0.39 is 10.0 Å². The van der Waals surface area contributed by atoms with Crippen LogP contribution in [0, 0.1) is 0 Å². The molecule has 0 saturated heterocycles. The fraction of sp³-hybridized carbons (Fsp3) is 0.238. The summed E-state index contributed by atoms with van der Waals surface area (Å²) in [5, 5.41) is 12.2. The van der Waals surface area contributed by atoms with Crippen LogP contribution in [0.15, 0.2) is 71.6 Å². The van der Waals surface area contributed by atoms with Crippen LogP contribution in [-0.4, -0.2) is 49.9 Å². The normalized spacial score (nSPS) is 12.1. The molecule has 6 heteroatoms. The predicted octanol–water partition coefficient (Wildman–Crippen LogP) is 3.30. The van der Waals surface area contributed by atoms with Crippen LogP contribution >= 0.6 is 0 Å². The first-order chi connectivity index (χ1) is 12.9. The predicted molar refractivity (Wildman–Crippen MR) is 108 cm³/mol. The minimum atomic E-state index is -3.84. The van der Waals surface area contributed by atoms with Crippen molar-refractivity contribution < 1.29 is 13.5 Å². The van der Waals surface area contributed by atoms with Crippen LogP contribution in [0.5, 0.6) is 5.75 Å². The van der Waals surface area contributed by atoms with Crippen molar-refractivity contribution in [2.45, 2.75) is 11.4 Å². The first-order valence-electron chi connectivity index (χ1n) is 8.79. The Morgan fingerprint density at radius 2 is 1.52 bits per heavy atom. The Morgan fingerprint density at radius 1 is 0.852 bits per heavy atom. The molecule has 3 aromatic rings. The topological polar surface area (TPSA) is 60.9 Å². The molecule has 0 unspecified atom stereocenters. The van der Waals surface area contributed by atoms with Crippen LogP contribution in [-0.2, 0) is 16.6 Å². The Labute approximate surface area is 160 Å². The van der Waals surface area contributed by atoms with Crippen molar-refractivity contribution in [2.24, 2.45) is 0 Å². The van der Waals surface area contributed by atoms with E-state index >= 15 is 0 Å². The highest BCUT2D eigenvalue weighted by Crippen LogP contribution is 2.28. The molecule has 3 aromatic carbocycles. The Kier molecular flexibility index (Phi) is 5.79. The van der Waals surface area contributed by atoms with Gasteiger partial charge in [-0.3, -0.25) is 0 Å². The van der Waals surface area contributed by atoms with Crippen LogP contribution < -0.4 is 0 Å². The second-order valence-electron chi connectivity index (χ2n) is 6.75. The third-order valence-electron chi connectivity index (χ3n) is 4.51. The zero-order valence-electron chi connectivity index (χ0n) is 15.5. The summed E-state index contributed by atoms with van der Waals surface area (Å²) in [5.41, 5.74) is 0.936. The molecule has 3 rings (SSSR count). The van der Waals surface area contributed by atoms with Gasteiger partial charge in [0, 0.05) is 19.6 Å². The molecule has 0 amide bonds. The molecule has 0 aliphatic rings. The average Bonchev–Trinajstić information content (AvgIpc) is 2.65. The van der Waals surface area contributed by atoms with Gasteiger partial charge in [-0.1, -0.05) is 54.6 Å². The average molecular weight is 385 g/mol. The summed E-state index contributed by atoms with van der Waals surface area (Å²) in [7, 11) is -0.0267. The number of nitrogens with zero attached hydrogens (tertiary/aromatic N) is 2. The van der Waals surface area contributed by atoms with Crippen molar-refractivity contribution in [3.8, 4) is 5.75 Å². The number of aromatic hydroxyl groups is 1. The summed E-state index contributed by atoms with van der Waals surface area (Å²) in [6.07, 6.45) is 0.